The summed E-state index contributed by atoms with van der Waals surface area (Å²) in [7, 11) is 0. The molecular weight excluding hydrogens is 401 g/mol. The van der Waals surface area contributed by atoms with Crippen LogP contribution in [0, 0.1) is 0 Å². The van der Waals surface area contributed by atoms with E-state index in [0.717, 1.165) is 12.0 Å². The lowest BCUT2D eigenvalue weighted by molar-refractivity contribution is -0.139. The molecule has 0 radical (unpaired) electrons. The molecule has 2 rings (SSSR count). The molecule has 6 nitrogen and oxygen atoms in total. The molecule has 2 N–H and O–H groups in total. The van der Waals surface area contributed by atoms with Crippen molar-refractivity contribution < 1.29 is 14.3 Å². The van der Waals surface area contributed by atoms with Crippen molar-refractivity contribution in [2.75, 3.05) is 0 Å². The maximum Gasteiger partial charge on any atom is 0.329 e. The standard InChI is InChI=1S/C20H21Cl2N3O3/c1-3-13(2)24-19(26)20(27)25-23-11-14-6-4-5-7-18(14)28-12-15-8-9-16(21)10-17(15)22/h4-11,13H,3,12H2,1-2H3,(H,24,26)(H,25,27)/b23-11-/t13-/m0/s1. The Labute approximate surface area is 173 Å². The first-order valence-corrected chi connectivity index (χ1v) is 9.46. The van der Waals surface area contributed by atoms with Crippen LogP contribution < -0.4 is 15.5 Å². The highest BCUT2D eigenvalue weighted by Crippen LogP contribution is 2.23. The molecule has 0 saturated carbocycles. The molecule has 0 aromatic heterocycles. The summed E-state index contributed by atoms with van der Waals surface area (Å²) >= 11 is 12.0. The summed E-state index contributed by atoms with van der Waals surface area (Å²) in [6.07, 6.45) is 2.14. The van der Waals surface area contributed by atoms with Crippen molar-refractivity contribution in [3.8, 4) is 5.75 Å². The van der Waals surface area contributed by atoms with Gasteiger partial charge in [0.2, 0.25) is 0 Å². The molecule has 2 amide bonds. The number of hydrogen-bond acceptors (Lipinski definition) is 4. The summed E-state index contributed by atoms with van der Waals surface area (Å²) in [5.74, 6) is -1.01. The number of amides is 2. The Morgan fingerprint density at radius 2 is 1.93 bits per heavy atom. The lowest BCUT2D eigenvalue weighted by atomic mass is 10.2. The van der Waals surface area contributed by atoms with Gasteiger partial charge in [-0.2, -0.15) is 5.10 Å². The predicted octanol–water partition coefficient (Wildman–Crippen LogP) is 3.94. The number of para-hydroxylation sites is 1. The minimum atomic E-state index is -0.831. The number of rotatable bonds is 7. The van der Waals surface area contributed by atoms with Gasteiger partial charge >= 0.3 is 11.8 Å². The third kappa shape index (κ3) is 6.55. The topological polar surface area (TPSA) is 79.8 Å². The summed E-state index contributed by atoms with van der Waals surface area (Å²) in [4.78, 5) is 23.4. The van der Waals surface area contributed by atoms with Crippen molar-refractivity contribution in [1.82, 2.24) is 10.7 Å². The van der Waals surface area contributed by atoms with Crippen LogP contribution in [0.15, 0.2) is 47.6 Å². The van der Waals surface area contributed by atoms with E-state index < -0.39 is 11.8 Å². The number of hydrogen-bond donors (Lipinski definition) is 2. The van der Waals surface area contributed by atoms with Crippen molar-refractivity contribution in [3.63, 3.8) is 0 Å². The van der Waals surface area contributed by atoms with Gasteiger partial charge < -0.3 is 10.1 Å². The van der Waals surface area contributed by atoms with Crippen LogP contribution in [0.3, 0.4) is 0 Å². The van der Waals surface area contributed by atoms with Gasteiger partial charge in [-0.25, -0.2) is 5.43 Å². The van der Waals surface area contributed by atoms with E-state index in [0.29, 0.717) is 21.4 Å². The number of benzene rings is 2. The van der Waals surface area contributed by atoms with E-state index in [9.17, 15) is 9.59 Å². The fraction of sp³-hybridized carbons (Fsp3) is 0.250. The zero-order valence-corrected chi connectivity index (χ0v) is 17.1. The van der Waals surface area contributed by atoms with Gasteiger partial charge in [0, 0.05) is 27.2 Å². The maximum absolute atomic E-state index is 11.8. The Morgan fingerprint density at radius 1 is 1.18 bits per heavy atom. The molecule has 0 heterocycles. The third-order valence-corrected chi connectivity index (χ3v) is 4.47. The molecule has 148 valence electrons. The molecule has 0 aliphatic heterocycles. The van der Waals surface area contributed by atoms with Gasteiger partial charge in [-0.15, -0.1) is 0 Å². The third-order valence-electron chi connectivity index (χ3n) is 3.88. The number of carbonyl (C=O) groups is 2. The second-order valence-corrected chi connectivity index (χ2v) is 6.89. The minimum Gasteiger partial charge on any atom is -0.488 e. The highest BCUT2D eigenvalue weighted by molar-refractivity contribution is 6.35. The molecule has 2 aromatic rings. The van der Waals surface area contributed by atoms with E-state index in [1.54, 1.807) is 36.4 Å². The smallest absolute Gasteiger partial charge is 0.329 e. The quantitative estimate of drug-likeness (QED) is 0.403. The Hall–Kier alpha value is -2.57. The fourth-order valence-corrected chi connectivity index (χ4v) is 2.58. The van der Waals surface area contributed by atoms with E-state index >= 15 is 0 Å². The summed E-state index contributed by atoms with van der Waals surface area (Å²) in [5, 5.41) is 7.46. The Morgan fingerprint density at radius 3 is 2.64 bits per heavy atom. The Balaban J connectivity index is 1.98. The molecule has 0 saturated heterocycles. The van der Waals surface area contributed by atoms with Gasteiger partial charge in [0.1, 0.15) is 12.4 Å². The largest absolute Gasteiger partial charge is 0.488 e. The molecule has 8 heteroatoms. The number of ether oxygens (including phenoxy) is 1. The first kappa shape index (κ1) is 21.7. The number of nitrogens with one attached hydrogen (secondary N) is 2. The molecule has 0 unspecified atom stereocenters. The highest BCUT2D eigenvalue weighted by atomic mass is 35.5. The van der Waals surface area contributed by atoms with Crippen molar-refractivity contribution in [3.05, 3.63) is 63.6 Å². The van der Waals surface area contributed by atoms with Crippen LogP contribution >= 0.6 is 23.2 Å². The van der Waals surface area contributed by atoms with Gasteiger partial charge in [-0.3, -0.25) is 9.59 Å². The molecule has 2 aromatic carbocycles. The summed E-state index contributed by atoms with van der Waals surface area (Å²) in [6.45, 7) is 3.97. The van der Waals surface area contributed by atoms with E-state index in [4.69, 9.17) is 27.9 Å². The van der Waals surface area contributed by atoms with Crippen molar-refractivity contribution in [1.29, 1.82) is 0 Å². The van der Waals surface area contributed by atoms with Crippen molar-refractivity contribution in [2.24, 2.45) is 5.10 Å². The maximum atomic E-state index is 11.8. The van der Waals surface area contributed by atoms with E-state index in [-0.39, 0.29) is 12.6 Å². The zero-order chi connectivity index (χ0) is 20.5. The Bertz CT molecular complexity index is 872. The van der Waals surface area contributed by atoms with E-state index in [1.807, 2.05) is 19.9 Å². The van der Waals surface area contributed by atoms with Crippen LogP contribution in [0.4, 0.5) is 0 Å². The molecule has 0 aliphatic carbocycles. The number of halogens is 2. The van der Waals surface area contributed by atoms with Crippen LogP contribution in [0.5, 0.6) is 5.75 Å². The van der Waals surface area contributed by atoms with Crippen LogP contribution in [0.25, 0.3) is 0 Å². The van der Waals surface area contributed by atoms with E-state index in [2.05, 4.69) is 15.8 Å². The average molecular weight is 422 g/mol. The van der Waals surface area contributed by atoms with Gasteiger partial charge in [-0.05, 0) is 37.6 Å². The number of nitrogens with zero attached hydrogens (tertiary/aromatic N) is 1. The molecule has 1 atom stereocenters. The number of hydrazone groups is 1. The minimum absolute atomic E-state index is 0.0870. The summed E-state index contributed by atoms with van der Waals surface area (Å²) in [6, 6.07) is 12.2. The monoisotopic (exact) mass is 421 g/mol. The zero-order valence-electron chi connectivity index (χ0n) is 15.5. The average Bonchev–Trinajstić information content (AvgIpc) is 2.68. The lowest BCUT2D eigenvalue weighted by Crippen LogP contribution is -2.41. The first-order valence-electron chi connectivity index (χ1n) is 8.70. The first-order chi connectivity index (χ1) is 13.4. The van der Waals surface area contributed by atoms with E-state index in [1.165, 1.54) is 6.21 Å². The second kappa shape index (κ2) is 10.7. The highest BCUT2D eigenvalue weighted by Gasteiger charge is 2.14. The SMILES string of the molecule is CC[C@H](C)NC(=O)C(=O)N/N=C\c1ccccc1OCc1ccc(Cl)cc1Cl. The summed E-state index contributed by atoms with van der Waals surface area (Å²) in [5.41, 5.74) is 3.62. The van der Waals surface area contributed by atoms with Crippen molar-refractivity contribution in [2.45, 2.75) is 32.9 Å². The Kier molecular flexibility index (Phi) is 8.29. The predicted molar refractivity (Wildman–Crippen MR) is 111 cm³/mol. The normalized spacial score (nSPS) is 11.9. The molecule has 0 bridgehead atoms. The fourth-order valence-electron chi connectivity index (χ4n) is 2.12. The van der Waals surface area contributed by atoms with Crippen LogP contribution in [0.1, 0.15) is 31.4 Å². The molecule has 0 aliphatic rings. The molecule has 28 heavy (non-hydrogen) atoms. The van der Waals surface area contributed by atoms with Crippen LogP contribution in [-0.2, 0) is 16.2 Å². The second-order valence-electron chi connectivity index (χ2n) is 6.04. The molecule has 0 fully saturated rings. The van der Waals surface area contributed by atoms with Crippen LogP contribution in [-0.4, -0.2) is 24.1 Å². The van der Waals surface area contributed by atoms with Crippen molar-refractivity contribution >= 4 is 41.2 Å². The van der Waals surface area contributed by atoms with Gasteiger partial charge in [0.25, 0.3) is 0 Å². The lowest BCUT2D eigenvalue weighted by Gasteiger charge is -2.11. The van der Waals surface area contributed by atoms with Gasteiger partial charge in [0.15, 0.2) is 0 Å². The number of carbonyl (C=O) groups excluding carboxylic acids is 2. The summed E-state index contributed by atoms with van der Waals surface area (Å²) < 4.78 is 5.81. The molecular formula is C20H21Cl2N3O3. The molecule has 0 spiro atoms. The van der Waals surface area contributed by atoms with Gasteiger partial charge in [-0.1, -0.05) is 48.3 Å². The van der Waals surface area contributed by atoms with Crippen LogP contribution in [0.2, 0.25) is 10.0 Å². The van der Waals surface area contributed by atoms with Gasteiger partial charge in [0.05, 0.1) is 6.21 Å².